The predicted octanol–water partition coefficient (Wildman–Crippen LogP) is 2.66. The Morgan fingerprint density at radius 2 is 2.19 bits per heavy atom. The van der Waals surface area contributed by atoms with Gasteiger partial charge in [-0.3, -0.25) is 4.79 Å². The number of hydrogen-bond acceptors (Lipinski definition) is 3. The fourth-order valence-electron chi connectivity index (χ4n) is 1.43. The molecule has 1 aromatic heterocycles. The molecule has 1 unspecified atom stereocenters. The maximum atomic E-state index is 11.5. The summed E-state index contributed by atoms with van der Waals surface area (Å²) in [5.41, 5.74) is -0.293. The SMILES string of the molecule is CCOC(c1ncc(Br)c(=O)[nH]1)C(C)(C)C. The monoisotopic (exact) mass is 288 g/mol. The van der Waals surface area contributed by atoms with Crippen LogP contribution in [0.1, 0.15) is 39.6 Å². The van der Waals surface area contributed by atoms with Crippen LogP contribution in [0.5, 0.6) is 0 Å². The highest BCUT2D eigenvalue weighted by atomic mass is 79.9. The van der Waals surface area contributed by atoms with Crippen LogP contribution in [0.3, 0.4) is 0 Å². The zero-order valence-corrected chi connectivity index (χ0v) is 11.6. The first-order valence-electron chi connectivity index (χ1n) is 5.22. The molecule has 0 aliphatic heterocycles. The van der Waals surface area contributed by atoms with Crippen LogP contribution in [0.15, 0.2) is 15.5 Å². The van der Waals surface area contributed by atoms with Crippen molar-refractivity contribution in [1.29, 1.82) is 0 Å². The second kappa shape index (κ2) is 5.10. The third kappa shape index (κ3) is 3.15. The molecule has 0 aromatic carbocycles. The van der Waals surface area contributed by atoms with E-state index >= 15 is 0 Å². The van der Waals surface area contributed by atoms with Gasteiger partial charge in [0, 0.05) is 12.8 Å². The minimum atomic E-state index is -0.210. The van der Waals surface area contributed by atoms with Gasteiger partial charge < -0.3 is 9.72 Å². The molecular formula is C11H17BrN2O2. The molecular weight excluding hydrogens is 272 g/mol. The first-order chi connectivity index (χ1) is 7.36. The molecule has 0 bridgehead atoms. The molecule has 1 atom stereocenters. The van der Waals surface area contributed by atoms with Gasteiger partial charge in [-0.15, -0.1) is 0 Å². The normalized spacial score (nSPS) is 13.8. The minimum absolute atomic E-state index is 0.111. The lowest BCUT2D eigenvalue weighted by Gasteiger charge is -2.29. The van der Waals surface area contributed by atoms with Crippen LogP contribution in [0.4, 0.5) is 0 Å². The van der Waals surface area contributed by atoms with E-state index in [-0.39, 0.29) is 17.1 Å². The van der Waals surface area contributed by atoms with E-state index in [1.807, 2.05) is 6.92 Å². The Labute approximate surface area is 104 Å². The van der Waals surface area contributed by atoms with Crippen molar-refractivity contribution >= 4 is 15.9 Å². The van der Waals surface area contributed by atoms with Gasteiger partial charge in [-0.25, -0.2) is 4.98 Å². The third-order valence-corrected chi connectivity index (χ3v) is 2.71. The molecule has 1 rings (SSSR count). The summed E-state index contributed by atoms with van der Waals surface area (Å²) in [7, 11) is 0. The maximum Gasteiger partial charge on any atom is 0.265 e. The Hall–Kier alpha value is -0.680. The molecule has 0 saturated heterocycles. The number of nitrogens with zero attached hydrogens (tertiary/aromatic N) is 1. The van der Waals surface area contributed by atoms with Gasteiger partial charge in [0.1, 0.15) is 16.4 Å². The number of hydrogen-bond donors (Lipinski definition) is 1. The van der Waals surface area contributed by atoms with Crippen molar-refractivity contribution in [3.05, 3.63) is 26.8 Å². The molecule has 0 aliphatic rings. The Bertz CT molecular complexity index is 409. The van der Waals surface area contributed by atoms with Gasteiger partial charge in [-0.1, -0.05) is 20.8 Å². The Morgan fingerprint density at radius 1 is 1.56 bits per heavy atom. The number of halogens is 1. The van der Waals surface area contributed by atoms with Gasteiger partial charge >= 0.3 is 0 Å². The maximum absolute atomic E-state index is 11.5. The van der Waals surface area contributed by atoms with Crippen LogP contribution < -0.4 is 5.56 Å². The fourth-order valence-corrected chi connectivity index (χ4v) is 1.63. The number of rotatable bonds is 3. The van der Waals surface area contributed by atoms with Crippen LogP contribution in [-0.4, -0.2) is 16.6 Å². The largest absolute Gasteiger partial charge is 0.370 e. The van der Waals surface area contributed by atoms with Gasteiger partial charge in [0.15, 0.2) is 0 Å². The Morgan fingerprint density at radius 3 is 2.62 bits per heavy atom. The average molecular weight is 289 g/mol. The molecule has 1 aromatic rings. The zero-order valence-electron chi connectivity index (χ0n) is 10.0. The van der Waals surface area contributed by atoms with E-state index < -0.39 is 0 Å². The number of H-pyrrole nitrogens is 1. The number of aromatic amines is 1. The fraction of sp³-hybridized carbons (Fsp3) is 0.636. The van der Waals surface area contributed by atoms with Gasteiger partial charge in [0.25, 0.3) is 5.56 Å². The highest BCUT2D eigenvalue weighted by Gasteiger charge is 2.28. The lowest BCUT2D eigenvalue weighted by molar-refractivity contribution is -0.0193. The van der Waals surface area contributed by atoms with E-state index in [2.05, 4.69) is 46.7 Å². The third-order valence-electron chi connectivity index (χ3n) is 2.14. The molecule has 0 amide bonds. The summed E-state index contributed by atoms with van der Waals surface area (Å²) in [6.45, 7) is 8.66. The summed E-state index contributed by atoms with van der Waals surface area (Å²) in [5, 5.41) is 0. The Balaban J connectivity index is 3.11. The number of aromatic nitrogens is 2. The quantitative estimate of drug-likeness (QED) is 0.930. The summed E-state index contributed by atoms with van der Waals surface area (Å²) in [6.07, 6.45) is 1.30. The van der Waals surface area contributed by atoms with Gasteiger partial charge in [0.2, 0.25) is 0 Å². The molecule has 1 N–H and O–H groups in total. The van der Waals surface area contributed by atoms with Crippen LogP contribution in [0.2, 0.25) is 0 Å². The molecule has 5 heteroatoms. The predicted molar refractivity (Wildman–Crippen MR) is 66.4 cm³/mol. The van der Waals surface area contributed by atoms with Crippen molar-refractivity contribution in [2.75, 3.05) is 6.61 Å². The standard InChI is InChI=1S/C11H17BrN2O2/c1-5-16-8(11(2,3)4)9-13-6-7(12)10(15)14-9/h6,8H,5H2,1-4H3,(H,13,14,15). The van der Waals surface area contributed by atoms with Crippen molar-refractivity contribution in [2.24, 2.45) is 5.41 Å². The van der Waals surface area contributed by atoms with E-state index in [0.717, 1.165) is 0 Å². The van der Waals surface area contributed by atoms with E-state index in [1.165, 1.54) is 6.20 Å². The average Bonchev–Trinajstić information content (AvgIpc) is 2.17. The van der Waals surface area contributed by atoms with Gasteiger partial charge in [0.05, 0.1) is 0 Å². The number of nitrogens with one attached hydrogen (secondary N) is 1. The molecule has 0 fully saturated rings. The molecule has 0 spiro atoms. The van der Waals surface area contributed by atoms with Crippen molar-refractivity contribution in [3.8, 4) is 0 Å². The summed E-state index contributed by atoms with van der Waals surface area (Å²) in [6, 6.07) is 0. The second-order valence-electron chi connectivity index (χ2n) is 4.65. The first kappa shape index (κ1) is 13.4. The molecule has 16 heavy (non-hydrogen) atoms. The molecule has 90 valence electrons. The Kier molecular flexibility index (Phi) is 4.27. The van der Waals surface area contributed by atoms with Gasteiger partial charge in [-0.05, 0) is 28.3 Å². The first-order valence-corrected chi connectivity index (χ1v) is 6.02. The van der Waals surface area contributed by atoms with E-state index in [0.29, 0.717) is 16.9 Å². The minimum Gasteiger partial charge on any atom is -0.370 e. The molecule has 0 radical (unpaired) electrons. The lowest BCUT2D eigenvalue weighted by Crippen LogP contribution is -2.26. The lowest BCUT2D eigenvalue weighted by atomic mass is 9.88. The highest BCUT2D eigenvalue weighted by molar-refractivity contribution is 9.10. The van der Waals surface area contributed by atoms with E-state index in [1.54, 1.807) is 0 Å². The number of ether oxygens (including phenoxy) is 1. The van der Waals surface area contributed by atoms with Gasteiger partial charge in [-0.2, -0.15) is 0 Å². The van der Waals surface area contributed by atoms with Crippen LogP contribution in [0, 0.1) is 5.41 Å². The smallest absolute Gasteiger partial charge is 0.265 e. The topological polar surface area (TPSA) is 55.0 Å². The molecule has 1 heterocycles. The summed E-state index contributed by atoms with van der Waals surface area (Å²) < 4.78 is 6.07. The zero-order chi connectivity index (χ0) is 12.3. The van der Waals surface area contributed by atoms with E-state index in [9.17, 15) is 4.79 Å². The van der Waals surface area contributed by atoms with Crippen LogP contribution in [0.25, 0.3) is 0 Å². The summed E-state index contributed by atoms with van der Waals surface area (Å²) in [5.74, 6) is 0.572. The van der Waals surface area contributed by atoms with Crippen LogP contribution >= 0.6 is 15.9 Å². The molecule has 0 saturated carbocycles. The highest BCUT2D eigenvalue weighted by Crippen LogP contribution is 2.33. The molecule has 4 nitrogen and oxygen atoms in total. The van der Waals surface area contributed by atoms with Crippen molar-refractivity contribution in [1.82, 2.24) is 9.97 Å². The summed E-state index contributed by atoms with van der Waals surface area (Å²) in [4.78, 5) is 18.4. The van der Waals surface area contributed by atoms with Crippen molar-refractivity contribution in [2.45, 2.75) is 33.8 Å². The molecule has 0 aliphatic carbocycles. The van der Waals surface area contributed by atoms with E-state index in [4.69, 9.17) is 4.74 Å². The van der Waals surface area contributed by atoms with Crippen molar-refractivity contribution in [3.63, 3.8) is 0 Å². The second-order valence-corrected chi connectivity index (χ2v) is 5.50. The van der Waals surface area contributed by atoms with Crippen molar-refractivity contribution < 1.29 is 4.74 Å². The summed E-state index contributed by atoms with van der Waals surface area (Å²) >= 11 is 3.12. The van der Waals surface area contributed by atoms with Crippen LogP contribution in [-0.2, 0) is 4.74 Å².